The van der Waals surface area contributed by atoms with E-state index in [2.05, 4.69) is 22.5 Å². The quantitative estimate of drug-likeness (QED) is 0.694. The number of benzene rings is 1. The molecule has 0 radical (unpaired) electrons. The molecule has 0 aromatic heterocycles. The third kappa shape index (κ3) is 7.49. The van der Waals surface area contributed by atoms with Gasteiger partial charge in [0.15, 0.2) is 0 Å². The summed E-state index contributed by atoms with van der Waals surface area (Å²) in [5.74, 6) is 4.43. The number of nitrogens with zero attached hydrogens (tertiary/aromatic N) is 1. The first-order chi connectivity index (χ1) is 11.4. The first-order valence-electron chi connectivity index (χ1n) is 7.72. The predicted octanol–water partition coefficient (Wildman–Crippen LogP) is 0.764. The van der Waals surface area contributed by atoms with Crippen LogP contribution in [-0.4, -0.2) is 41.9 Å². The van der Waals surface area contributed by atoms with Gasteiger partial charge in [-0.2, -0.15) is 0 Å². The number of amides is 2. The molecule has 0 aliphatic rings. The molecule has 0 saturated heterocycles. The molecule has 5 heteroatoms. The minimum absolute atomic E-state index is 0.0682. The molecule has 0 saturated carbocycles. The van der Waals surface area contributed by atoms with Gasteiger partial charge in [0, 0.05) is 6.54 Å². The molecular formula is C19H23N3O2. The molecular weight excluding hydrogens is 302 g/mol. The summed E-state index contributed by atoms with van der Waals surface area (Å²) in [6.45, 7) is 4.05. The Kier molecular flexibility index (Phi) is 8.11. The van der Waals surface area contributed by atoms with Gasteiger partial charge in [-0.05, 0) is 19.4 Å². The smallest absolute Gasteiger partial charge is 0.235 e. The van der Waals surface area contributed by atoms with Gasteiger partial charge in [0.05, 0.1) is 25.2 Å². The largest absolute Gasteiger partial charge is 0.342 e. The van der Waals surface area contributed by atoms with E-state index < -0.39 is 0 Å². The maximum atomic E-state index is 12.1. The van der Waals surface area contributed by atoms with Crippen LogP contribution in [0.2, 0.25) is 0 Å². The molecule has 0 aliphatic heterocycles. The van der Waals surface area contributed by atoms with Gasteiger partial charge in [-0.3, -0.25) is 14.5 Å². The van der Waals surface area contributed by atoms with Crippen molar-refractivity contribution in [2.75, 3.05) is 13.1 Å². The summed E-state index contributed by atoms with van der Waals surface area (Å²) in [6, 6.07) is 8.91. The molecule has 2 N–H and O–H groups in total. The Morgan fingerprint density at radius 3 is 1.88 bits per heavy atom. The number of terminal acetylenes is 2. The zero-order valence-corrected chi connectivity index (χ0v) is 14.1. The van der Waals surface area contributed by atoms with E-state index in [4.69, 9.17) is 12.8 Å². The van der Waals surface area contributed by atoms with E-state index in [1.165, 1.54) is 0 Å². The summed E-state index contributed by atoms with van der Waals surface area (Å²) in [5, 5.41) is 5.38. The number of hydrogen-bond donors (Lipinski definition) is 2. The van der Waals surface area contributed by atoms with Crippen molar-refractivity contribution in [2.24, 2.45) is 0 Å². The molecule has 0 heterocycles. The van der Waals surface area contributed by atoms with Crippen molar-refractivity contribution in [1.29, 1.82) is 0 Å². The fourth-order valence-corrected chi connectivity index (χ4v) is 2.07. The van der Waals surface area contributed by atoms with Crippen molar-refractivity contribution in [3.05, 3.63) is 35.9 Å². The number of rotatable bonds is 8. The zero-order valence-electron chi connectivity index (χ0n) is 14.1. The Labute approximate surface area is 143 Å². The summed E-state index contributed by atoms with van der Waals surface area (Å²) in [6.07, 6.45) is 10.5. The molecule has 2 unspecified atom stereocenters. The second-order valence-corrected chi connectivity index (χ2v) is 5.54. The normalized spacial score (nSPS) is 12.5. The van der Waals surface area contributed by atoms with Crippen LogP contribution in [0.4, 0.5) is 0 Å². The molecule has 0 spiro atoms. The third-order valence-corrected chi connectivity index (χ3v) is 3.24. The van der Waals surface area contributed by atoms with E-state index >= 15 is 0 Å². The predicted molar refractivity (Wildman–Crippen MR) is 94.6 cm³/mol. The minimum Gasteiger partial charge on any atom is -0.342 e. The molecule has 1 aromatic rings. The second-order valence-electron chi connectivity index (χ2n) is 5.54. The van der Waals surface area contributed by atoms with Crippen LogP contribution in [0.15, 0.2) is 30.3 Å². The standard InChI is InChI=1S/C19H23N3O2/c1-5-15(3)20-18(23)13-22(12-17-10-8-7-9-11-17)14-19(24)21-16(4)6-2/h1-2,7-11,15-16H,12-14H2,3-4H3,(H,20,23)(H,21,24). The Bertz CT molecular complexity index is 592. The van der Waals surface area contributed by atoms with Crippen LogP contribution in [0, 0.1) is 24.7 Å². The first kappa shape index (κ1) is 19.3. The highest BCUT2D eigenvalue weighted by molar-refractivity contribution is 5.81. The lowest BCUT2D eigenvalue weighted by Crippen LogP contribution is -2.45. The average molecular weight is 325 g/mol. The van der Waals surface area contributed by atoms with Crippen molar-refractivity contribution in [2.45, 2.75) is 32.5 Å². The van der Waals surface area contributed by atoms with Crippen LogP contribution >= 0.6 is 0 Å². The molecule has 24 heavy (non-hydrogen) atoms. The van der Waals surface area contributed by atoms with Gasteiger partial charge < -0.3 is 10.6 Å². The van der Waals surface area contributed by atoms with E-state index in [0.29, 0.717) is 6.54 Å². The van der Waals surface area contributed by atoms with E-state index in [0.717, 1.165) is 5.56 Å². The van der Waals surface area contributed by atoms with Crippen LogP contribution in [0.25, 0.3) is 0 Å². The van der Waals surface area contributed by atoms with Crippen LogP contribution in [0.5, 0.6) is 0 Å². The molecule has 1 aromatic carbocycles. The number of carbonyl (C=O) groups excluding carboxylic acids is 2. The van der Waals surface area contributed by atoms with Gasteiger partial charge in [-0.15, -0.1) is 12.8 Å². The molecule has 0 fully saturated rings. The van der Waals surface area contributed by atoms with Gasteiger partial charge in [0.1, 0.15) is 0 Å². The molecule has 2 atom stereocenters. The Morgan fingerprint density at radius 2 is 1.46 bits per heavy atom. The maximum absolute atomic E-state index is 12.1. The summed E-state index contributed by atoms with van der Waals surface area (Å²) in [4.78, 5) is 25.9. The molecule has 1 rings (SSSR count). The van der Waals surface area contributed by atoms with Crippen LogP contribution < -0.4 is 10.6 Å². The number of hydrogen-bond acceptors (Lipinski definition) is 3. The average Bonchev–Trinajstić information content (AvgIpc) is 2.55. The Morgan fingerprint density at radius 1 is 1.00 bits per heavy atom. The number of carbonyl (C=O) groups is 2. The zero-order chi connectivity index (χ0) is 17.9. The lowest BCUT2D eigenvalue weighted by atomic mass is 10.2. The van der Waals surface area contributed by atoms with E-state index in [1.807, 2.05) is 30.3 Å². The molecule has 126 valence electrons. The lowest BCUT2D eigenvalue weighted by molar-refractivity contribution is -0.125. The maximum Gasteiger partial charge on any atom is 0.235 e. The Hall–Kier alpha value is -2.76. The second kappa shape index (κ2) is 10.1. The number of nitrogens with one attached hydrogen (secondary N) is 2. The van der Waals surface area contributed by atoms with Gasteiger partial charge in [-0.1, -0.05) is 42.2 Å². The highest BCUT2D eigenvalue weighted by atomic mass is 16.2. The van der Waals surface area contributed by atoms with Crippen molar-refractivity contribution >= 4 is 11.8 Å². The lowest BCUT2D eigenvalue weighted by Gasteiger charge is -2.22. The van der Waals surface area contributed by atoms with Crippen LogP contribution in [-0.2, 0) is 16.1 Å². The summed E-state index contributed by atoms with van der Waals surface area (Å²) in [5.41, 5.74) is 1.01. The van der Waals surface area contributed by atoms with E-state index in [-0.39, 0.29) is 37.0 Å². The summed E-state index contributed by atoms with van der Waals surface area (Å²) in [7, 11) is 0. The van der Waals surface area contributed by atoms with Crippen molar-refractivity contribution in [3.8, 4) is 24.7 Å². The fraction of sp³-hybridized carbons (Fsp3) is 0.368. The fourth-order valence-electron chi connectivity index (χ4n) is 2.07. The highest BCUT2D eigenvalue weighted by Crippen LogP contribution is 2.04. The minimum atomic E-state index is -0.355. The van der Waals surface area contributed by atoms with E-state index in [9.17, 15) is 9.59 Å². The summed E-state index contributed by atoms with van der Waals surface area (Å²) < 4.78 is 0. The molecule has 2 amide bonds. The van der Waals surface area contributed by atoms with Gasteiger partial charge in [0.25, 0.3) is 0 Å². The topological polar surface area (TPSA) is 61.4 Å². The first-order valence-corrected chi connectivity index (χ1v) is 7.72. The highest BCUT2D eigenvalue weighted by Gasteiger charge is 2.16. The molecule has 0 aliphatic carbocycles. The van der Waals surface area contributed by atoms with Gasteiger partial charge >= 0.3 is 0 Å². The van der Waals surface area contributed by atoms with Gasteiger partial charge in [0.2, 0.25) is 11.8 Å². The van der Waals surface area contributed by atoms with Gasteiger partial charge in [-0.25, -0.2) is 0 Å². The molecule has 5 nitrogen and oxygen atoms in total. The summed E-state index contributed by atoms with van der Waals surface area (Å²) >= 11 is 0. The Balaban J connectivity index is 2.72. The van der Waals surface area contributed by atoms with Crippen molar-refractivity contribution < 1.29 is 9.59 Å². The van der Waals surface area contributed by atoms with Crippen molar-refractivity contribution in [3.63, 3.8) is 0 Å². The SMILES string of the molecule is C#CC(C)NC(=O)CN(CC(=O)NC(C)C#C)Cc1ccccc1. The van der Waals surface area contributed by atoms with Crippen molar-refractivity contribution in [1.82, 2.24) is 15.5 Å². The van der Waals surface area contributed by atoms with E-state index in [1.54, 1.807) is 18.7 Å². The third-order valence-electron chi connectivity index (χ3n) is 3.24. The molecule has 0 bridgehead atoms. The van der Waals surface area contributed by atoms with Crippen LogP contribution in [0.1, 0.15) is 19.4 Å². The monoisotopic (exact) mass is 325 g/mol. The van der Waals surface area contributed by atoms with Crippen LogP contribution in [0.3, 0.4) is 0 Å².